The summed E-state index contributed by atoms with van der Waals surface area (Å²) in [7, 11) is 1.48. The van der Waals surface area contributed by atoms with Gasteiger partial charge in [0.1, 0.15) is 5.82 Å². The van der Waals surface area contributed by atoms with Crippen molar-refractivity contribution in [3.05, 3.63) is 89.7 Å². The van der Waals surface area contributed by atoms with E-state index in [1.807, 2.05) is 48.5 Å². The van der Waals surface area contributed by atoms with Gasteiger partial charge < -0.3 is 15.4 Å². The molecule has 6 nitrogen and oxygen atoms in total. The van der Waals surface area contributed by atoms with Gasteiger partial charge in [-0.3, -0.25) is 4.90 Å². The Bertz CT molecular complexity index is 1280. The summed E-state index contributed by atoms with van der Waals surface area (Å²) in [4.78, 5) is 11.9. The third kappa shape index (κ3) is 5.69. The molecule has 2 heterocycles. The molecule has 0 aliphatic carbocycles. The van der Waals surface area contributed by atoms with Gasteiger partial charge in [0.25, 0.3) is 0 Å². The van der Waals surface area contributed by atoms with E-state index in [0.717, 1.165) is 54.8 Å². The number of rotatable bonds is 8. The van der Waals surface area contributed by atoms with E-state index in [9.17, 15) is 4.39 Å². The first-order valence-electron chi connectivity index (χ1n) is 12.0. The highest BCUT2D eigenvalue weighted by Gasteiger charge is 2.21. The molecule has 180 valence electrons. The lowest BCUT2D eigenvalue weighted by molar-refractivity contribution is 0.210. The van der Waals surface area contributed by atoms with Crippen molar-refractivity contribution in [2.75, 3.05) is 30.8 Å². The molecule has 35 heavy (non-hydrogen) atoms. The number of nitrogens with zero attached hydrogens (tertiary/aromatic N) is 3. The zero-order valence-electron chi connectivity index (χ0n) is 19.9. The van der Waals surface area contributed by atoms with Gasteiger partial charge >= 0.3 is 0 Å². The van der Waals surface area contributed by atoms with Crippen LogP contribution in [-0.2, 0) is 13.1 Å². The second-order valence-corrected chi connectivity index (χ2v) is 8.92. The quantitative estimate of drug-likeness (QED) is 0.356. The van der Waals surface area contributed by atoms with E-state index in [-0.39, 0.29) is 11.6 Å². The lowest BCUT2D eigenvalue weighted by Gasteiger charge is -2.32. The monoisotopic (exact) mass is 471 g/mol. The summed E-state index contributed by atoms with van der Waals surface area (Å²) in [6, 6.07) is 23.9. The number of hydrogen-bond acceptors (Lipinski definition) is 6. The standard InChI is InChI=1S/C28H30FN5O/c1-35-26-12-11-21(17-24(26)29)19-34-15-13-22(14-16-34)31-28-32-25-10-6-5-9-23(25)27(33-28)30-18-20-7-3-2-4-8-20/h2-12,17,22H,13-16,18-19H2,1H3,(H2,30,31,32,33). The molecular weight excluding hydrogens is 441 g/mol. The van der Waals surface area contributed by atoms with Crippen LogP contribution in [0.5, 0.6) is 5.75 Å². The zero-order valence-corrected chi connectivity index (χ0v) is 19.9. The minimum Gasteiger partial charge on any atom is -0.494 e. The highest BCUT2D eigenvalue weighted by molar-refractivity contribution is 5.90. The van der Waals surface area contributed by atoms with Gasteiger partial charge in [0.2, 0.25) is 5.95 Å². The number of hydrogen-bond donors (Lipinski definition) is 2. The van der Waals surface area contributed by atoms with Gasteiger partial charge in [-0.15, -0.1) is 0 Å². The molecule has 3 aromatic carbocycles. The van der Waals surface area contributed by atoms with Gasteiger partial charge in [0.15, 0.2) is 11.6 Å². The molecule has 5 rings (SSSR count). The Hall–Kier alpha value is -3.71. The number of methoxy groups -OCH3 is 1. The molecule has 0 atom stereocenters. The average molecular weight is 472 g/mol. The van der Waals surface area contributed by atoms with Crippen molar-refractivity contribution in [2.45, 2.75) is 32.0 Å². The van der Waals surface area contributed by atoms with Crippen LogP contribution < -0.4 is 15.4 Å². The molecule has 0 saturated carbocycles. The van der Waals surface area contributed by atoms with Crippen LogP contribution in [0.2, 0.25) is 0 Å². The number of anilines is 2. The fourth-order valence-corrected chi connectivity index (χ4v) is 4.54. The van der Waals surface area contributed by atoms with E-state index >= 15 is 0 Å². The maximum atomic E-state index is 14.0. The maximum Gasteiger partial charge on any atom is 0.225 e. The molecular formula is C28H30FN5O. The van der Waals surface area contributed by atoms with Crippen LogP contribution in [0.25, 0.3) is 10.9 Å². The topological polar surface area (TPSA) is 62.3 Å². The summed E-state index contributed by atoms with van der Waals surface area (Å²) in [5, 5.41) is 8.05. The third-order valence-corrected chi connectivity index (χ3v) is 6.45. The van der Waals surface area contributed by atoms with Crippen molar-refractivity contribution in [2.24, 2.45) is 0 Å². The number of para-hydroxylation sites is 1. The van der Waals surface area contributed by atoms with E-state index in [1.165, 1.54) is 12.7 Å². The van der Waals surface area contributed by atoms with Crippen LogP contribution in [0.3, 0.4) is 0 Å². The fourth-order valence-electron chi connectivity index (χ4n) is 4.54. The second-order valence-electron chi connectivity index (χ2n) is 8.92. The van der Waals surface area contributed by atoms with Crippen LogP contribution in [0, 0.1) is 5.82 Å². The number of nitrogens with one attached hydrogen (secondary N) is 2. The van der Waals surface area contributed by atoms with E-state index in [1.54, 1.807) is 12.1 Å². The lowest BCUT2D eigenvalue weighted by atomic mass is 10.0. The van der Waals surface area contributed by atoms with Crippen molar-refractivity contribution < 1.29 is 9.13 Å². The molecule has 7 heteroatoms. The summed E-state index contributed by atoms with van der Waals surface area (Å²) in [5.74, 6) is 1.45. The Morgan fingerprint density at radius 2 is 1.71 bits per heavy atom. The molecule has 0 bridgehead atoms. The minimum absolute atomic E-state index is 0.282. The van der Waals surface area contributed by atoms with Gasteiger partial charge in [0.05, 0.1) is 12.6 Å². The van der Waals surface area contributed by atoms with Crippen LogP contribution in [0.4, 0.5) is 16.2 Å². The molecule has 0 radical (unpaired) electrons. The number of aromatic nitrogens is 2. The Kier molecular flexibility index (Phi) is 7.04. The normalized spacial score (nSPS) is 14.7. The van der Waals surface area contributed by atoms with Crippen molar-refractivity contribution in [1.82, 2.24) is 14.9 Å². The Morgan fingerprint density at radius 3 is 2.49 bits per heavy atom. The van der Waals surface area contributed by atoms with Crippen LogP contribution >= 0.6 is 0 Å². The van der Waals surface area contributed by atoms with E-state index in [2.05, 4.69) is 27.7 Å². The van der Waals surface area contributed by atoms with E-state index < -0.39 is 0 Å². The number of piperidine rings is 1. The Balaban J connectivity index is 1.22. The van der Waals surface area contributed by atoms with E-state index in [0.29, 0.717) is 18.5 Å². The van der Waals surface area contributed by atoms with Crippen molar-refractivity contribution >= 4 is 22.7 Å². The van der Waals surface area contributed by atoms with Crippen LogP contribution in [0.15, 0.2) is 72.8 Å². The predicted octanol–water partition coefficient (Wildman–Crippen LogP) is 5.47. The van der Waals surface area contributed by atoms with Crippen LogP contribution in [-0.4, -0.2) is 41.1 Å². The summed E-state index contributed by atoms with van der Waals surface area (Å²) in [5.41, 5.74) is 3.08. The second kappa shape index (κ2) is 10.7. The van der Waals surface area contributed by atoms with Gasteiger partial charge in [-0.1, -0.05) is 48.5 Å². The molecule has 1 saturated heterocycles. The van der Waals surface area contributed by atoms with E-state index in [4.69, 9.17) is 14.7 Å². The smallest absolute Gasteiger partial charge is 0.225 e. The molecule has 1 aliphatic rings. The molecule has 2 N–H and O–H groups in total. The molecule has 1 aliphatic heterocycles. The molecule has 4 aromatic rings. The van der Waals surface area contributed by atoms with Gasteiger partial charge in [-0.05, 0) is 48.2 Å². The molecule has 0 spiro atoms. The third-order valence-electron chi connectivity index (χ3n) is 6.45. The van der Waals surface area contributed by atoms with Gasteiger partial charge in [0, 0.05) is 37.6 Å². The predicted molar refractivity (Wildman–Crippen MR) is 138 cm³/mol. The number of halogens is 1. The average Bonchev–Trinajstić information content (AvgIpc) is 2.89. The lowest BCUT2D eigenvalue weighted by Crippen LogP contribution is -2.39. The number of likely N-dealkylation sites (tertiary alicyclic amines) is 1. The van der Waals surface area contributed by atoms with Crippen molar-refractivity contribution in [3.8, 4) is 5.75 Å². The largest absolute Gasteiger partial charge is 0.494 e. The first kappa shape index (κ1) is 23.1. The van der Waals surface area contributed by atoms with Crippen molar-refractivity contribution in [3.63, 3.8) is 0 Å². The molecule has 0 amide bonds. The number of benzene rings is 3. The number of ether oxygens (including phenoxy) is 1. The fraction of sp³-hybridized carbons (Fsp3) is 0.286. The first-order valence-corrected chi connectivity index (χ1v) is 12.0. The highest BCUT2D eigenvalue weighted by atomic mass is 19.1. The summed E-state index contributed by atoms with van der Waals surface area (Å²) in [6.45, 7) is 3.29. The number of fused-ring (bicyclic) bond motifs is 1. The first-order chi connectivity index (χ1) is 17.2. The Morgan fingerprint density at radius 1 is 0.943 bits per heavy atom. The summed E-state index contributed by atoms with van der Waals surface area (Å²) >= 11 is 0. The molecule has 1 aromatic heterocycles. The van der Waals surface area contributed by atoms with Gasteiger partial charge in [-0.25, -0.2) is 9.37 Å². The van der Waals surface area contributed by atoms with Crippen molar-refractivity contribution in [1.29, 1.82) is 0 Å². The summed E-state index contributed by atoms with van der Waals surface area (Å²) in [6.07, 6.45) is 1.95. The minimum atomic E-state index is -0.313. The maximum absolute atomic E-state index is 14.0. The highest BCUT2D eigenvalue weighted by Crippen LogP contribution is 2.25. The molecule has 1 fully saturated rings. The Labute approximate surface area is 205 Å². The zero-order chi connectivity index (χ0) is 24.0. The van der Waals surface area contributed by atoms with Crippen LogP contribution in [0.1, 0.15) is 24.0 Å². The summed E-state index contributed by atoms with van der Waals surface area (Å²) < 4.78 is 19.1. The molecule has 0 unspecified atom stereocenters. The SMILES string of the molecule is COc1ccc(CN2CCC(Nc3nc(NCc4ccccc4)c4ccccc4n3)CC2)cc1F. The van der Waals surface area contributed by atoms with Gasteiger partial charge in [-0.2, -0.15) is 4.98 Å².